The molecule has 0 saturated carbocycles. The number of rotatable bonds is 64. The molecule has 0 heterocycles. The maximum absolute atomic E-state index is 11.7. The second-order valence-corrected chi connectivity index (χ2v) is 26.5. The summed E-state index contributed by atoms with van der Waals surface area (Å²) in [5.41, 5.74) is -1.53. The molecule has 0 bridgehead atoms. The van der Waals surface area contributed by atoms with Crippen molar-refractivity contribution in [1.82, 2.24) is 0 Å². The molecule has 4 aromatic rings. The van der Waals surface area contributed by atoms with Crippen LogP contribution in [0.3, 0.4) is 0 Å². The Morgan fingerprint density at radius 1 is 0.200 bits per heavy atom. The van der Waals surface area contributed by atoms with Crippen LogP contribution in [0.2, 0.25) is 0 Å². The Hall–Kier alpha value is -3.85. The zero-order chi connectivity index (χ0) is 76.4. The first-order chi connectivity index (χ1) is 50.9. The van der Waals surface area contributed by atoms with Crippen LogP contribution in [0.1, 0.15) is 259 Å². The molecule has 0 unspecified atom stereocenters. The molecule has 4 aromatic carbocycles. The summed E-state index contributed by atoms with van der Waals surface area (Å²) >= 11 is 0. The van der Waals surface area contributed by atoms with Crippen LogP contribution in [0, 0.1) is 0 Å². The summed E-state index contributed by atoms with van der Waals surface area (Å²) in [5, 5.41) is 46.7. The molecule has 600 valence electrons. The Morgan fingerprint density at radius 3 is 0.438 bits per heavy atom. The van der Waals surface area contributed by atoms with Gasteiger partial charge in [0.15, 0.2) is 0 Å². The monoisotopic (exact) mass is 1520 g/mol. The van der Waals surface area contributed by atoms with Crippen molar-refractivity contribution in [3.8, 4) is 23.0 Å². The summed E-state index contributed by atoms with van der Waals surface area (Å²) in [4.78, 5) is 18.7. The third-order valence-corrected chi connectivity index (χ3v) is 17.0. The Bertz CT molecular complexity index is 2090. The third-order valence-electron chi connectivity index (χ3n) is 17.0. The van der Waals surface area contributed by atoms with E-state index in [4.69, 9.17) is 56.8 Å². The van der Waals surface area contributed by atoms with Crippen molar-refractivity contribution in [2.45, 2.75) is 260 Å². The second-order valence-electron chi connectivity index (χ2n) is 26.5. The molecule has 0 N–H and O–H groups in total. The molecule has 0 amide bonds. The predicted molar refractivity (Wildman–Crippen MR) is 404 cm³/mol. The standard InChI is InChI=1S/4C21H36O5.Ti/c4*1-4-7-14-23-17-21(26-22,18-24-15-8-5-2)19-10-12-20(13-11-19)25-16-9-6-3;/h4*10-13,22H,4-9,14-18H2,1-3H3;/q;;;;+4/p-4. The molecule has 0 saturated heterocycles. The number of benzene rings is 4. The molecule has 0 aromatic heterocycles. The molecular weight excluding hydrogens is 1380 g/mol. The molecule has 0 spiro atoms. The van der Waals surface area contributed by atoms with Crippen LogP contribution >= 0.6 is 0 Å². The minimum absolute atomic E-state index is 0. The van der Waals surface area contributed by atoms with Crippen molar-refractivity contribution in [1.29, 1.82) is 0 Å². The average molecular weight is 1520 g/mol. The van der Waals surface area contributed by atoms with Crippen molar-refractivity contribution in [2.75, 3.05) is 132 Å². The second kappa shape index (κ2) is 68.2. The zero-order valence-corrected chi connectivity index (χ0v) is 68.6. The minimum Gasteiger partial charge on any atom is -0.722 e. The Labute approximate surface area is 649 Å². The van der Waals surface area contributed by atoms with E-state index >= 15 is 0 Å². The summed E-state index contributed by atoms with van der Waals surface area (Å²) in [7, 11) is 0. The van der Waals surface area contributed by atoms with Crippen LogP contribution in [0.15, 0.2) is 97.1 Å². The van der Waals surface area contributed by atoms with E-state index in [1.807, 2.05) is 97.1 Å². The maximum Gasteiger partial charge on any atom is 4.00 e. The molecular formula is C84H140O20Ti. The first-order valence-electron chi connectivity index (χ1n) is 39.7. The van der Waals surface area contributed by atoms with Gasteiger partial charge in [0.05, 0.1) is 79.3 Å². The van der Waals surface area contributed by atoms with E-state index in [2.05, 4.69) is 103 Å². The van der Waals surface area contributed by atoms with Crippen LogP contribution < -0.4 is 40.0 Å². The van der Waals surface area contributed by atoms with Crippen LogP contribution in [0.25, 0.3) is 0 Å². The van der Waals surface area contributed by atoms with Crippen molar-refractivity contribution in [3.63, 3.8) is 0 Å². The fourth-order valence-corrected chi connectivity index (χ4v) is 9.84. The SMILES string of the molecule is CCCCOCC(COCCCC)(O[O-])c1ccc(OCCCC)cc1.CCCCOCC(COCCCC)(O[O-])c1ccc(OCCCC)cc1.CCCCOCC(COCCCC)(O[O-])c1ccc(OCCCC)cc1.CCCCOCC(COCCCC)(O[O-])c1ccc(OCCCC)cc1.[Ti+4]. The molecule has 0 radical (unpaired) electrons. The first-order valence-corrected chi connectivity index (χ1v) is 39.7. The van der Waals surface area contributed by atoms with E-state index in [1.54, 1.807) is 0 Å². The smallest absolute Gasteiger partial charge is 0.722 e. The Balaban J connectivity index is 0.00000137. The zero-order valence-electron chi connectivity index (χ0n) is 67.0. The van der Waals surface area contributed by atoms with Gasteiger partial charge in [-0.25, -0.2) is 0 Å². The minimum atomic E-state index is -1.14. The van der Waals surface area contributed by atoms with Crippen molar-refractivity contribution in [3.05, 3.63) is 119 Å². The molecule has 20 nitrogen and oxygen atoms in total. The molecule has 0 aliphatic heterocycles. The van der Waals surface area contributed by atoms with E-state index < -0.39 is 22.4 Å². The molecule has 0 aliphatic carbocycles. The van der Waals surface area contributed by atoms with Crippen molar-refractivity contribution < 1.29 is 119 Å². The number of ether oxygens (including phenoxy) is 12. The van der Waals surface area contributed by atoms with Gasteiger partial charge in [0.2, 0.25) is 0 Å². The first kappa shape index (κ1) is 101. The van der Waals surface area contributed by atoms with Gasteiger partial charge >= 0.3 is 21.7 Å². The molecule has 0 fully saturated rings. The molecule has 0 atom stereocenters. The maximum atomic E-state index is 11.7. The van der Waals surface area contributed by atoms with Crippen molar-refractivity contribution in [2.24, 2.45) is 0 Å². The number of unbranched alkanes of at least 4 members (excludes halogenated alkanes) is 12. The Kier molecular flexibility index (Phi) is 65.7. The normalized spacial score (nSPS) is 11.6. The largest absolute Gasteiger partial charge is 4.00 e. The van der Waals surface area contributed by atoms with Crippen LogP contribution in [0.5, 0.6) is 23.0 Å². The third kappa shape index (κ3) is 44.0. The van der Waals surface area contributed by atoms with Crippen LogP contribution in [-0.4, -0.2) is 132 Å². The van der Waals surface area contributed by atoms with Gasteiger partial charge in [-0.15, -0.1) is 0 Å². The van der Waals surface area contributed by atoms with E-state index in [9.17, 15) is 21.0 Å². The quantitative estimate of drug-likeness (QED) is 0.0173. The Morgan fingerprint density at radius 2 is 0.324 bits per heavy atom. The van der Waals surface area contributed by atoms with Gasteiger partial charge in [-0.3, -0.25) is 0 Å². The summed E-state index contributed by atoms with van der Waals surface area (Å²) < 4.78 is 68.5. The van der Waals surface area contributed by atoms with E-state index in [1.165, 1.54) is 0 Å². The average Bonchev–Trinajstić information content (AvgIpc) is 0.842. The van der Waals surface area contributed by atoms with Gasteiger partial charge in [-0.2, -0.15) is 0 Å². The molecule has 105 heavy (non-hydrogen) atoms. The van der Waals surface area contributed by atoms with Crippen LogP contribution in [-0.2, 0) is 102 Å². The van der Waals surface area contributed by atoms with E-state index in [0.29, 0.717) is 79.3 Å². The summed E-state index contributed by atoms with van der Waals surface area (Å²) in [5.74, 6) is 3.17. The fourth-order valence-electron chi connectivity index (χ4n) is 9.84. The summed E-state index contributed by atoms with van der Waals surface area (Å²) in [6.07, 6.45) is 24.4. The number of hydrogen-bond acceptors (Lipinski definition) is 20. The summed E-state index contributed by atoms with van der Waals surface area (Å²) in [6, 6.07) is 29.9. The van der Waals surface area contributed by atoms with Crippen LogP contribution in [0.4, 0.5) is 0 Å². The molecule has 21 heteroatoms. The fraction of sp³-hybridized carbons (Fsp3) is 0.714. The van der Waals surface area contributed by atoms with Gasteiger partial charge in [-0.05, 0) is 148 Å². The van der Waals surface area contributed by atoms with Gasteiger partial charge in [0, 0.05) is 52.9 Å². The van der Waals surface area contributed by atoms with Gasteiger partial charge in [0.1, 0.15) is 45.4 Å². The topological polar surface area (TPSA) is 240 Å². The summed E-state index contributed by atoms with van der Waals surface area (Å²) in [6.45, 7) is 34.4. The van der Waals surface area contributed by atoms with E-state index in [-0.39, 0.29) is 74.6 Å². The van der Waals surface area contributed by atoms with Gasteiger partial charge in [0.25, 0.3) is 0 Å². The van der Waals surface area contributed by atoms with Gasteiger partial charge in [-0.1, -0.05) is 209 Å². The van der Waals surface area contributed by atoms with Crippen molar-refractivity contribution >= 4 is 0 Å². The molecule has 4 rings (SSSR count). The van der Waals surface area contributed by atoms with E-state index in [0.717, 1.165) is 199 Å². The number of hydrogen-bond donors (Lipinski definition) is 0. The predicted octanol–water partition coefficient (Wildman–Crippen LogP) is 15.9. The molecule has 0 aliphatic rings. The van der Waals surface area contributed by atoms with Gasteiger partial charge < -0.3 is 97.4 Å².